The van der Waals surface area contributed by atoms with Crippen LogP contribution in [0.2, 0.25) is 0 Å². The fourth-order valence-corrected chi connectivity index (χ4v) is 3.84. The molecule has 0 heterocycles. The van der Waals surface area contributed by atoms with Crippen LogP contribution in [0.15, 0.2) is 84.9 Å². The lowest BCUT2D eigenvalue weighted by molar-refractivity contribution is 0.131. The van der Waals surface area contributed by atoms with Gasteiger partial charge in [-0.25, -0.2) is 0 Å². The number of nitrogens with two attached hydrogens (primary N) is 2. The van der Waals surface area contributed by atoms with Crippen LogP contribution >= 0.6 is 0 Å². The van der Waals surface area contributed by atoms with Gasteiger partial charge in [0.05, 0.1) is 0 Å². The predicted molar refractivity (Wildman–Crippen MR) is 107 cm³/mol. The SMILES string of the molecule is NC1=CC(N)(Oc2cccc3ccccc23)c2cccc3cccc1c23. The number of fused-ring (bicyclic) bond motifs is 1. The quantitative estimate of drug-likeness (QED) is 0.529. The van der Waals surface area contributed by atoms with Gasteiger partial charge >= 0.3 is 0 Å². The first-order valence-corrected chi connectivity index (χ1v) is 8.62. The summed E-state index contributed by atoms with van der Waals surface area (Å²) in [5.41, 5.74) is 14.5. The first kappa shape index (κ1) is 15.0. The Hall–Kier alpha value is -3.30. The second-order valence-electron chi connectivity index (χ2n) is 6.68. The van der Waals surface area contributed by atoms with Crippen molar-refractivity contribution in [1.82, 2.24) is 0 Å². The van der Waals surface area contributed by atoms with Crippen LogP contribution in [0.5, 0.6) is 5.75 Å². The average molecular weight is 338 g/mol. The Bertz CT molecular complexity index is 1180. The zero-order chi connectivity index (χ0) is 17.7. The number of hydrogen-bond donors (Lipinski definition) is 2. The number of ether oxygens (including phenoxy) is 1. The molecule has 3 heteroatoms. The summed E-state index contributed by atoms with van der Waals surface area (Å²) in [6.07, 6.45) is 1.81. The van der Waals surface area contributed by atoms with Gasteiger partial charge in [0.2, 0.25) is 5.72 Å². The molecule has 0 saturated carbocycles. The molecule has 0 radical (unpaired) electrons. The van der Waals surface area contributed by atoms with Gasteiger partial charge < -0.3 is 10.5 Å². The molecule has 26 heavy (non-hydrogen) atoms. The summed E-state index contributed by atoms with van der Waals surface area (Å²) in [6.45, 7) is 0. The Kier molecular flexibility index (Phi) is 3.08. The van der Waals surface area contributed by atoms with Crippen LogP contribution in [0.3, 0.4) is 0 Å². The summed E-state index contributed by atoms with van der Waals surface area (Å²) in [4.78, 5) is 0. The van der Waals surface area contributed by atoms with Crippen LogP contribution < -0.4 is 16.2 Å². The second-order valence-corrected chi connectivity index (χ2v) is 6.68. The lowest BCUT2D eigenvalue weighted by Crippen LogP contribution is -2.43. The Morgan fingerprint density at radius 3 is 2.31 bits per heavy atom. The molecule has 0 amide bonds. The fourth-order valence-electron chi connectivity index (χ4n) is 3.84. The van der Waals surface area contributed by atoms with E-state index in [4.69, 9.17) is 16.2 Å². The van der Waals surface area contributed by atoms with Gasteiger partial charge in [-0.05, 0) is 22.2 Å². The van der Waals surface area contributed by atoms with E-state index < -0.39 is 5.72 Å². The molecule has 0 aliphatic heterocycles. The van der Waals surface area contributed by atoms with Crippen LogP contribution in [-0.4, -0.2) is 0 Å². The van der Waals surface area contributed by atoms with Gasteiger partial charge in [0.1, 0.15) is 5.75 Å². The highest BCUT2D eigenvalue weighted by Crippen LogP contribution is 2.40. The van der Waals surface area contributed by atoms with Crippen molar-refractivity contribution in [2.75, 3.05) is 0 Å². The molecule has 0 fully saturated rings. The molecule has 4 N–H and O–H groups in total. The highest BCUT2D eigenvalue weighted by molar-refractivity contribution is 5.98. The Morgan fingerprint density at radius 1 is 0.731 bits per heavy atom. The maximum atomic E-state index is 6.76. The van der Waals surface area contributed by atoms with Gasteiger partial charge in [0.15, 0.2) is 0 Å². The molecular weight excluding hydrogens is 320 g/mol. The van der Waals surface area contributed by atoms with Gasteiger partial charge in [-0.2, -0.15) is 0 Å². The van der Waals surface area contributed by atoms with E-state index in [0.717, 1.165) is 38.4 Å². The van der Waals surface area contributed by atoms with Crippen LogP contribution in [0.4, 0.5) is 0 Å². The summed E-state index contributed by atoms with van der Waals surface area (Å²) in [7, 11) is 0. The summed E-state index contributed by atoms with van der Waals surface area (Å²) >= 11 is 0. The smallest absolute Gasteiger partial charge is 0.207 e. The summed E-state index contributed by atoms with van der Waals surface area (Å²) in [5, 5.41) is 4.29. The molecule has 1 aliphatic rings. The van der Waals surface area contributed by atoms with Gasteiger partial charge in [0, 0.05) is 28.3 Å². The molecular formula is C23H18N2O. The highest BCUT2D eigenvalue weighted by Gasteiger charge is 2.34. The Morgan fingerprint density at radius 2 is 1.42 bits per heavy atom. The Balaban J connectivity index is 1.73. The molecule has 0 bridgehead atoms. The monoisotopic (exact) mass is 338 g/mol. The van der Waals surface area contributed by atoms with E-state index in [9.17, 15) is 0 Å². The Labute approximate surface area is 151 Å². The molecule has 126 valence electrons. The molecule has 1 unspecified atom stereocenters. The highest BCUT2D eigenvalue weighted by atomic mass is 16.5. The topological polar surface area (TPSA) is 61.3 Å². The number of rotatable bonds is 2. The third-order valence-electron chi connectivity index (χ3n) is 5.04. The first-order valence-electron chi connectivity index (χ1n) is 8.62. The van der Waals surface area contributed by atoms with Gasteiger partial charge in [-0.1, -0.05) is 72.8 Å². The van der Waals surface area contributed by atoms with Crippen LogP contribution in [0.25, 0.3) is 27.2 Å². The first-order chi connectivity index (χ1) is 12.7. The average Bonchev–Trinajstić information content (AvgIpc) is 2.66. The maximum absolute atomic E-state index is 6.76. The van der Waals surface area contributed by atoms with Crippen molar-refractivity contribution in [2.45, 2.75) is 5.72 Å². The molecule has 0 spiro atoms. The third kappa shape index (κ3) is 2.11. The van der Waals surface area contributed by atoms with Gasteiger partial charge in [-0.3, -0.25) is 5.73 Å². The minimum atomic E-state index is -1.12. The zero-order valence-corrected chi connectivity index (χ0v) is 14.1. The van der Waals surface area contributed by atoms with E-state index in [-0.39, 0.29) is 0 Å². The van der Waals surface area contributed by atoms with Crippen molar-refractivity contribution in [3.63, 3.8) is 0 Å². The third-order valence-corrected chi connectivity index (χ3v) is 5.04. The van der Waals surface area contributed by atoms with Crippen LogP contribution in [-0.2, 0) is 5.72 Å². The van der Waals surface area contributed by atoms with E-state index in [2.05, 4.69) is 24.3 Å². The normalized spacial score (nSPS) is 18.7. The molecule has 4 aromatic carbocycles. The van der Waals surface area contributed by atoms with Crippen LogP contribution in [0.1, 0.15) is 11.1 Å². The molecule has 5 rings (SSSR count). The van der Waals surface area contributed by atoms with Crippen molar-refractivity contribution in [3.8, 4) is 5.75 Å². The zero-order valence-electron chi connectivity index (χ0n) is 14.1. The molecule has 3 nitrogen and oxygen atoms in total. The number of benzene rings is 4. The number of hydrogen-bond acceptors (Lipinski definition) is 3. The minimum Gasteiger partial charge on any atom is -0.464 e. The van der Waals surface area contributed by atoms with Crippen molar-refractivity contribution >= 4 is 27.2 Å². The van der Waals surface area contributed by atoms with Gasteiger partial charge in [-0.15, -0.1) is 0 Å². The van der Waals surface area contributed by atoms with Crippen LogP contribution in [0, 0.1) is 0 Å². The fraction of sp³-hybridized carbons (Fsp3) is 0.0435. The largest absolute Gasteiger partial charge is 0.464 e. The van der Waals surface area contributed by atoms with E-state index in [1.54, 1.807) is 0 Å². The molecule has 0 aromatic heterocycles. The van der Waals surface area contributed by atoms with Crippen molar-refractivity contribution in [2.24, 2.45) is 11.5 Å². The second kappa shape index (κ2) is 5.35. The van der Waals surface area contributed by atoms with Crippen molar-refractivity contribution in [1.29, 1.82) is 0 Å². The lowest BCUT2D eigenvalue weighted by Gasteiger charge is -2.33. The van der Waals surface area contributed by atoms with E-state index in [1.807, 2.05) is 60.7 Å². The molecule has 4 aromatic rings. The van der Waals surface area contributed by atoms with E-state index in [1.165, 1.54) is 0 Å². The summed E-state index contributed by atoms with van der Waals surface area (Å²) in [5.74, 6) is 0.742. The maximum Gasteiger partial charge on any atom is 0.207 e. The summed E-state index contributed by atoms with van der Waals surface area (Å²) < 4.78 is 6.39. The van der Waals surface area contributed by atoms with E-state index in [0.29, 0.717) is 5.70 Å². The van der Waals surface area contributed by atoms with Gasteiger partial charge in [0.25, 0.3) is 0 Å². The van der Waals surface area contributed by atoms with Crippen molar-refractivity contribution < 1.29 is 4.74 Å². The van der Waals surface area contributed by atoms with Crippen molar-refractivity contribution in [3.05, 3.63) is 96.1 Å². The minimum absolute atomic E-state index is 0.636. The lowest BCUT2D eigenvalue weighted by atomic mass is 9.86. The van der Waals surface area contributed by atoms with E-state index >= 15 is 0 Å². The standard InChI is InChI=1S/C23H18N2O/c24-20-14-23(25,19-12-4-9-16-8-3-11-18(20)22(16)19)26-21-13-5-7-15-6-1-2-10-17(15)21/h1-14H,24-25H2. The predicted octanol–water partition coefficient (Wildman–Crippen LogP) is 4.50. The molecule has 1 atom stereocenters. The summed E-state index contributed by atoms with van der Waals surface area (Å²) in [6, 6.07) is 26.3. The molecule has 1 aliphatic carbocycles. The molecule has 0 saturated heterocycles.